The van der Waals surface area contributed by atoms with Crippen molar-refractivity contribution in [1.29, 1.82) is 0 Å². The minimum Gasteiger partial charge on any atom is -0.229 e. The van der Waals surface area contributed by atoms with E-state index in [0.29, 0.717) is 0 Å². The molecule has 0 radical (unpaired) electrons. The zero-order chi connectivity index (χ0) is 13.4. The fourth-order valence-corrected chi connectivity index (χ4v) is 3.08. The summed E-state index contributed by atoms with van der Waals surface area (Å²) in [7, 11) is -3.46. The van der Waals surface area contributed by atoms with E-state index in [2.05, 4.69) is 0 Å². The van der Waals surface area contributed by atoms with E-state index in [1.165, 1.54) is 0 Å². The normalized spacial score (nSPS) is 17.6. The van der Waals surface area contributed by atoms with Gasteiger partial charge in [-0.1, -0.05) is 41.5 Å². The van der Waals surface area contributed by atoms with Crippen molar-refractivity contribution in [2.75, 3.05) is 12.0 Å². The van der Waals surface area contributed by atoms with E-state index in [0.717, 1.165) is 0 Å². The predicted molar refractivity (Wildman–Crippen MR) is 62.1 cm³/mol. The van der Waals surface area contributed by atoms with Crippen LogP contribution in [0.4, 0.5) is 0 Å². The Labute approximate surface area is 91.8 Å². The second kappa shape index (κ2) is 3.84. The van der Waals surface area contributed by atoms with Crippen molar-refractivity contribution < 1.29 is 11.2 Å². The molecule has 0 aromatic rings. The summed E-state index contributed by atoms with van der Waals surface area (Å²) < 4.78 is 38.7. The molecule has 3 heteroatoms. The highest BCUT2D eigenvalue weighted by atomic mass is 32.2. The first kappa shape index (κ1) is 10.5. The van der Waals surface area contributed by atoms with Crippen molar-refractivity contribution in [2.45, 2.75) is 41.5 Å². The van der Waals surface area contributed by atoms with Crippen molar-refractivity contribution in [3.63, 3.8) is 0 Å². The van der Waals surface area contributed by atoms with Crippen LogP contribution in [0.3, 0.4) is 0 Å². The van der Waals surface area contributed by atoms with Gasteiger partial charge in [-0.05, 0) is 16.7 Å². The minimum atomic E-state index is -3.46. The second-order valence-electron chi connectivity index (χ2n) is 5.87. The maximum Gasteiger partial charge on any atom is 0.147 e. The molecule has 14 heavy (non-hydrogen) atoms. The smallest absolute Gasteiger partial charge is 0.147 e. The molecule has 0 atom stereocenters. The Morgan fingerprint density at radius 2 is 1.50 bits per heavy atom. The molecular formula is C11H24O2S. The summed E-state index contributed by atoms with van der Waals surface area (Å²) in [4.78, 5) is 0. The molecule has 86 valence electrons. The van der Waals surface area contributed by atoms with Crippen molar-refractivity contribution >= 4 is 9.84 Å². The number of sulfone groups is 1. The van der Waals surface area contributed by atoms with Crippen LogP contribution in [-0.2, 0) is 9.84 Å². The molecule has 0 aliphatic heterocycles. The van der Waals surface area contributed by atoms with Gasteiger partial charge in [0.05, 0.1) is 5.75 Å². The van der Waals surface area contributed by atoms with E-state index in [4.69, 9.17) is 2.74 Å². The zero-order valence-corrected chi connectivity index (χ0v) is 11.0. The molecule has 0 saturated carbocycles. The lowest BCUT2D eigenvalue weighted by Crippen LogP contribution is -2.37. The molecule has 0 bridgehead atoms. The summed E-state index contributed by atoms with van der Waals surface area (Å²) in [6.07, 6.45) is -0.639. The minimum absolute atomic E-state index is 0.253. The SMILES string of the molecule is [2H]CS(=O)(=O)CC([2H])(C(C)(C)C)C(C)(C)C. The molecule has 0 spiro atoms. The van der Waals surface area contributed by atoms with E-state index in [9.17, 15) is 8.42 Å². The van der Waals surface area contributed by atoms with Gasteiger partial charge < -0.3 is 0 Å². The Balaban J connectivity index is 5.48. The fraction of sp³-hybridized carbons (Fsp3) is 1.00. The highest BCUT2D eigenvalue weighted by molar-refractivity contribution is 7.90. The maximum atomic E-state index is 11.6. The van der Waals surface area contributed by atoms with Crippen LogP contribution in [-0.4, -0.2) is 20.4 Å². The summed E-state index contributed by atoms with van der Waals surface area (Å²) in [5, 5.41) is 0. The summed E-state index contributed by atoms with van der Waals surface area (Å²) in [6, 6.07) is 0. The Morgan fingerprint density at radius 3 is 1.71 bits per heavy atom. The van der Waals surface area contributed by atoms with Gasteiger partial charge in [0.1, 0.15) is 9.84 Å². The third-order valence-corrected chi connectivity index (χ3v) is 2.90. The van der Waals surface area contributed by atoms with Gasteiger partial charge in [0.25, 0.3) is 0 Å². The van der Waals surface area contributed by atoms with Crippen molar-refractivity contribution in [3.05, 3.63) is 0 Å². The Morgan fingerprint density at radius 1 is 1.14 bits per heavy atom. The predicted octanol–water partition coefficient (Wildman–Crippen LogP) is 2.74. The third kappa shape index (κ3) is 4.99. The monoisotopic (exact) mass is 222 g/mol. The summed E-state index contributed by atoms with van der Waals surface area (Å²) in [5.74, 6) is -1.35. The molecule has 0 heterocycles. The molecule has 0 amide bonds. The Bertz CT molecular complexity index is 320. The van der Waals surface area contributed by atoms with Crippen LogP contribution in [0.5, 0.6) is 0 Å². The van der Waals surface area contributed by atoms with Gasteiger partial charge in [-0.25, -0.2) is 8.42 Å². The van der Waals surface area contributed by atoms with Gasteiger partial charge in [-0.15, -0.1) is 0 Å². The molecule has 0 aliphatic carbocycles. The molecule has 0 unspecified atom stereocenters. The van der Waals surface area contributed by atoms with E-state index in [1.54, 1.807) is 0 Å². The highest BCUT2D eigenvalue weighted by Gasteiger charge is 2.36. The van der Waals surface area contributed by atoms with Crippen molar-refractivity contribution in [3.8, 4) is 0 Å². The maximum absolute atomic E-state index is 11.6. The van der Waals surface area contributed by atoms with Gasteiger partial charge in [0.15, 0.2) is 0 Å². The average molecular weight is 222 g/mol. The number of hydrogen-bond donors (Lipinski definition) is 0. The Hall–Kier alpha value is -0.0500. The number of hydrogen-bond acceptors (Lipinski definition) is 2. The van der Waals surface area contributed by atoms with E-state index < -0.39 is 32.8 Å². The second-order valence-corrected chi connectivity index (χ2v) is 7.64. The topological polar surface area (TPSA) is 34.1 Å². The largest absolute Gasteiger partial charge is 0.229 e. The first-order valence-electron chi connectivity index (χ1n) is 5.97. The average Bonchev–Trinajstić information content (AvgIpc) is 1.99. The van der Waals surface area contributed by atoms with E-state index >= 15 is 0 Å². The molecule has 0 aliphatic rings. The van der Waals surface area contributed by atoms with Crippen molar-refractivity contribution in [1.82, 2.24) is 0 Å². The number of rotatable bonds is 2. The van der Waals surface area contributed by atoms with Gasteiger partial charge in [-0.2, -0.15) is 0 Å². The van der Waals surface area contributed by atoms with Crippen LogP contribution in [0.2, 0.25) is 0 Å². The lowest BCUT2D eigenvalue weighted by molar-refractivity contribution is 0.123. The van der Waals surface area contributed by atoms with Crippen LogP contribution in [0.1, 0.15) is 44.3 Å². The quantitative estimate of drug-likeness (QED) is 0.720. The van der Waals surface area contributed by atoms with Crippen LogP contribution in [0.15, 0.2) is 0 Å². The summed E-state index contributed by atoms with van der Waals surface area (Å²) in [5.41, 5.74) is -0.902. The van der Waals surface area contributed by atoms with Crippen LogP contribution in [0, 0.1) is 16.7 Å². The highest BCUT2D eigenvalue weighted by Crippen LogP contribution is 2.40. The lowest BCUT2D eigenvalue weighted by Gasteiger charge is -2.40. The molecular weight excluding hydrogens is 196 g/mol. The molecule has 0 N–H and O–H groups in total. The van der Waals surface area contributed by atoms with Gasteiger partial charge >= 0.3 is 0 Å². The molecule has 0 saturated heterocycles. The fourth-order valence-electron chi connectivity index (χ4n) is 1.78. The molecule has 2 nitrogen and oxygen atoms in total. The first-order chi connectivity index (χ1) is 6.77. The van der Waals surface area contributed by atoms with Crippen LogP contribution in [0.25, 0.3) is 0 Å². The summed E-state index contributed by atoms with van der Waals surface area (Å²) in [6.45, 7) is 11.3. The van der Waals surface area contributed by atoms with Crippen LogP contribution >= 0.6 is 0 Å². The van der Waals surface area contributed by atoms with E-state index in [1.807, 2.05) is 41.5 Å². The first-order valence-corrected chi connectivity index (χ1v) is 6.59. The molecule has 0 aromatic heterocycles. The Kier molecular flexibility index (Phi) is 2.87. The van der Waals surface area contributed by atoms with Crippen LogP contribution < -0.4 is 0 Å². The van der Waals surface area contributed by atoms with Gasteiger partial charge in [-0.3, -0.25) is 0 Å². The molecule has 0 fully saturated rings. The van der Waals surface area contributed by atoms with Gasteiger partial charge in [0.2, 0.25) is 0 Å². The zero-order valence-electron chi connectivity index (χ0n) is 12.1. The van der Waals surface area contributed by atoms with Crippen molar-refractivity contribution in [2.24, 2.45) is 16.7 Å². The lowest BCUT2D eigenvalue weighted by atomic mass is 9.68. The molecule has 0 aromatic carbocycles. The summed E-state index contributed by atoms with van der Waals surface area (Å²) >= 11 is 0. The van der Waals surface area contributed by atoms with Gasteiger partial charge in [0, 0.05) is 8.97 Å². The molecule has 0 rings (SSSR count). The third-order valence-electron chi connectivity index (χ3n) is 2.17. The van der Waals surface area contributed by atoms with E-state index in [-0.39, 0.29) is 5.75 Å². The standard InChI is InChI=1S/C11H24O2S/c1-10(2,3)9(11(4,5)6)8-14(7,12)13/h9H,8H2,1-7H3/i7D,9D.